The van der Waals surface area contributed by atoms with Crippen molar-refractivity contribution in [3.05, 3.63) is 0 Å². The van der Waals surface area contributed by atoms with Crippen molar-refractivity contribution in [1.82, 2.24) is 78.1 Å². The minimum absolute atomic E-state index is 0.165. The van der Waals surface area contributed by atoms with Gasteiger partial charge in [-0.2, -0.15) is 0 Å². The van der Waals surface area contributed by atoms with Gasteiger partial charge in [-0.15, -0.1) is 0 Å². The standard InChI is InChI=1S/C50H77N15O16/c1-26(57-46(77)31-11-6-16-51-31)41(72)52-21-36(66)62-17-7-12-32(62)47(78)58-27(2)42(73)53-22-37(67)63-18-8-13-33(63)48(79)59-28(3)43(74)54-23-38(68)64-19-9-14-34(64)49(80)60-29(4)44(75)55-24-39(69)65-20-10-15-35(65)50(81)61-30(5)45(76)56-25-40(70)71/h26-35,51H,6-25H2,1-5H3,(H,52,72)(H,53,73)(H,54,74)(H,55,75)(H,56,76)(H,57,77)(H,58,78)(H,59,79)(H,60,80)(H,61,81)(H,70,71)/t26-,27-,28-,29-,30-,31-,32-,33-,34-,35-/m0/s1. The second kappa shape index (κ2) is 30.0. The summed E-state index contributed by atoms with van der Waals surface area (Å²) in [5.74, 6) is -10.00. The van der Waals surface area contributed by atoms with Gasteiger partial charge in [-0.3, -0.25) is 71.9 Å². The number of carbonyl (C=O) groups is 15. The molecule has 31 nitrogen and oxygen atoms in total. The van der Waals surface area contributed by atoms with Gasteiger partial charge in [-0.1, -0.05) is 0 Å². The molecule has 0 radical (unpaired) electrons. The molecule has 5 fully saturated rings. The fourth-order valence-corrected chi connectivity index (χ4v) is 10.1. The van der Waals surface area contributed by atoms with E-state index in [-0.39, 0.29) is 57.4 Å². The maximum atomic E-state index is 13.4. The first-order chi connectivity index (χ1) is 38.4. The normalized spacial score (nSPS) is 22.2. The smallest absolute Gasteiger partial charge is 0.322 e. The molecule has 14 amide bonds. The van der Waals surface area contributed by atoms with Crippen molar-refractivity contribution in [2.75, 3.05) is 65.4 Å². The van der Waals surface area contributed by atoms with Crippen LogP contribution in [0.5, 0.6) is 0 Å². The second-order valence-corrected chi connectivity index (χ2v) is 20.8. The molecule has 0 spiro atoms. The Morgan fingerprint density at radius 1 is 0.370 bits per heavy atom. The third kappa shape index (κ3) is 18.0. The highest BCUT2D eigenvalue weighted by Crippen LogP contribution is 2.21. The molecule has 31 heteroatoms. The second-order valence-electron chi connectivity index (χ2n) is 20.8. The number of carbonyl (C=O) groups excluding carboxylic acids is 14. The van der Waals surface area contributed by atoms with Crippen molar-refractivity contribution in [3.63, 3.8) is 0 Å². The predicted molar refractivity (Wildman–Crippen MR) is 281 cm³/mol. The summed E-state index contributed by atoms with van der Waals surface area (Å²) in [6.45, 7) is 5.82. The van der Waals surface area contributed by atoms with E-state index in [9.17, 15) is 71.9 Å². The molecule has 0 aromatic carbocycles. The van der Waals surface area contributed by atoms with Crippen molar-refractivity contribution in [1.29, 1.82) is 0 Å². The van der Waals surface area contributed by atoms with Crippen LogP contribution in [-0.2, 0) is 71.9 Å². The third-order valence-electron chi connectivity index (χ3n) is 14.7. The highest BCUT2D eigenvalue weighted by molar-refractivity contribution is 5.99. The molecule has 12 N–H and O–H groups in total. The van der Waals surface area contributed by atoms with Crippen LogP contribution in [0, 0.1) is 0 Å². The molecule has 5 heterocycles. The molecule has 10 atom stereocenters. The lowest BCUT2D eigenvalue weighted by molar-refractivity contribution is -0.141. The van der Waals surface area contributed by atoms with Crippen LogP contribution in [-0.4, -0.2) is 239 Å². The summed E-state index contributed by atoms with van der Waals surface area (Å²) >= 11 is 0. The van der Waals surface area contributed by atoms with Crippen molar-refractivity contribution < 1.29 is 77.0 Å². The number of hydrogen-bond donors (Lipinski definition) is 12. The zero-order valence-corrected chi connectivity index (χ0v) is 46.3. The van der Waals surface area contributed by atoms with Crippen molar-refractivity contribution >= 4 is 88.7 Å². The first-order valence-corrected chi connectivity index (χ1v) is 27.4. The van der Waals surface area contributed by atoms with Gasteiger partial charge < -0.3 is 83.2 Å². The lowest BCUT2D eigenvalue weighted by Gasteiger charge is -2.27. The maximum Gasteiger partial charge on any atom is 0.322 e. The lowest BCUT2D eigenvalue weighted by Crippen LogP contribution is -2.56. The topological polar surface area (TPSA) is 422 Å². The zero-order chi connectivity index (χ0) is 59.7. The zero-order valence-electron chi connectivity index (χ0n) is 46.3. The van der Waals surface area contributed by atoms with E-state index in [1.165, 1.54) is 54.2 Å². The van der Waals surface area contributed by atoms with Crippen LogP contribution in [0.1, 0.15) is 98.8 Å². The molecule has 0 saturated carbocycles. The molecule has 81 heavy (non-hydrogen) atoms. The van der Waals surface area contributed by atoms with E-state index in [0.717, 1.165) is 6.42 Å². The van der Waals surface area contributed by atoms with Gasteiger partial charge in [-0.05, 0) is 105 Å². The summed E-state index contributed by atoms with van der Waals surface area (Å²) in [6, 6.07) is -9.70. The maximum absolute atomic E-state index is 13.4. The fourth-order valence-electron chi connectivity index (χ4n) is 10.1. The SMILES string of the molecule is C[C@H](NC(=O)[C@@H]1CCCN1)C(=O)NCC(=O)N1CCC[C@H]1C(=O)N[C@@H](C)C(=O)NCC(=O)N1CCC[C@H]1C(=O)N[C@@H](C)C(=O)NCC(=O)N1CCC[C@H]1C(=O)N[C@@H](C)C(=O)NCC(=O)N1CCC[C@H]1C(=O)N[C@@H](C)C(=O)NCC(=O)O. The Morgan fingerprint density at radius 2 is 0.617 bits per heavy atom. The quantitative estimate of drug-likeness (QED) is 0.0404. The molecule has 0 aromatic rings. The van der Waals surface area contributed by atoms with Crippen LogP contribution in [0.2, 0.25) is 0 Å². The Kier molecular flexibility index (Phi) is 23.6. The number of nitrogens with one attached hydrogen (secondary N) is 11. The van der Waals surface area contributed by atoms with Gasteiger partial charge in [-0.25, -0.2) is 0 Å². The molecule has 448 valence electrons. The van der Waals surface area contributed by atoms with Gasteiger partial charge in [0, 0.05) is 26.2 Å². The third-order valence-corrected chi connectivity index (χ3v) is 14.7. The highest BCUT2D eigenvalue weighted by atomic mass is 16.4. The van der Waals surface area contributed by atoms with Crippen LogP contribution in [0.3, 0.4) is 0 Å². The summed E-state index contributed by atoms with van der Waals surface area (Å²) in [7, 11) is 0. The molecular formula is C50H77N15O16. The average Bonchev–Trinajstić information content (AvgIpc) is 4.35. The number of hydrogen-bond acceptors (Lipinski definition) is 16. The number of nitrogens with zero attached hydrogens (tertiary/aromatic N) is 4. The van der Waals surface area contributed by atoms with Crippen LogP contribution in [0.4, 0.5) is 0 Å². The van der Waals surface area contributed by atoms with E-state index in [1.54, 1.807) is 0 Å². The summed E-state index contributed by atoms with van der Waals surface area (Å²) in [6.07, 6.45) is 4.41. The summed E-state index contributed by atoms with van der Waals surface area (Å²) in [5.41, 5.74) is 0. The molecule has 0 aromatic heterocycles. The number of amides is 14. The van der Waals surface area contributed by atoms with Crippen molar-refractivity contribution in [3.8, 4) is 0 Å². The Bertz CT molecular complexity index is 2440. The number of aliphatic carboxylic acids is 1. The molecule has 5 rings (SSSR count). The first kappa shape index (κ1) is 63.8. The number of carboxylic acid groups (broad SMARTS) is 1. The van der Waals surface area contributed by atoms with Crippen LogP contribution < -0.4 is 58.5 Å². The molecule has 5 aliphatic rings. The predicted octanol–water partition coefficient (Wildman–Crippen LogP) is -7.11. The van der Waals surface area contributed by atoms with Gasteiger partial charge in [0.1, 0.15) is 60.9 Å². The van der Waals surface area contributed by atoms with Gasteiger partial charge in [0.25, 0.3) is 0 Å². The first-order valence-electron chi connectivity index (χ1n) is 27.4. The monoisotopic (exact) mass is 1140 g/mol. The minimum atomic E-state index is -1.27. The van der Waals surface area contributed by atoms with Crippen LogP contribution in [0.15, 0.2) is 0 Å². The lowest BCUT2D eigenvalue weighted by atomic mass is 10.1. The number of likely N-dealkylation sites (tertiary alicyclic amines) is 4. The Labute approximate surface area is 467 Å². The van der Waals surface area contributed by atoms with E-state index in [1.807, 2.05) is 0 Å². The van der Waals surface area contributed by atoms with Gasteiger partial charge >= 0.3 is 5.97 Å². The van der Waals surface area contributed by atoms with Gasteiger partial charge in [0.05, 0.1) is 32.2 Å². The molecule has 0 aliphatic carbocycles. The van der Waals surface area contributed by atoms with E-state index in [4.69, 9.17) is 5.11 Å². The molecule has 0 bridgehead atoms. The van der Waals surface area contributed by atoms with Crippen molar-refractivity contribution in [2.24, 2.45) is 0 Å². The summed E-state index contributed by atoms with van der Waals surface area (Å²) < 4.78 is 0. The van der Waals surface area contributed by atoms with E-state index in [0.29, 0.717) is 45.1 Å². The van der Waals surface area contributed by atoms with E-state index in [2.05, 4.69) is 58.5 Å². The average molecular weight is 1140 g/mol. The minimum Gasteiger partial charge on any atom is -0.480 e. The van der Waals surface area contributed by atoms with E-state index < -0.39 is 170 Å². The highest BCUT2D eigenvalue weighted by Gasteiger charge is 2.40. The van der Waals surface area contributed by atoms with E-state index >= 15 is 0 Å². The molecule has 0 unspecified atom stereocenters. The van der Waals surface area contributed by atoms with Gasteiger partial charge in [0.15, 0.2) is 0 Å². The summed E-state index contributed by atoms with van der Waals surface area (Å²) in [5, 5.41) is 36.6. The summed E-state index contributed by atoms with van der Waals surface area (Å²) in [4.78, 5) is 198. The molecule has 5 aliphatic heterocycles. The number of rotatable bonds is 25. The Balaban J connectivity index is 0.984. The Morgan fingerprint density at radius 3 is 0.852 bits per heavy atom. The number of carboxylic acids is 1. The van der Waals surface area contributed by atoms with Gasteiger partial charge in [0.2, 0.25) is 82.7 Å². The molecule has 5 saturated heterocycles. The van der Waals surface area contributed by atoms with Crippen molar-refractivity contribution in [2.45, 2.75) is 159 Å². The largest absolute Gasteiger partial charge is 0.480 e. The van der Waals surface area contributed by atoms with Crippen LogP contribution >= 0.6 is 0 Å². The molecular weight excluding hydrogens is 1070 g/mol. The van der Waals surface area contributed by atoms with Crippen LogP contribution in [0.25, 0.3) is 0 Å². The fraction of sp³-hybridized carbons (Fsp3) is 0.700. The Hall–Kier alpha value is -7.99.